The van der Waals surface area contributed by atoms with E-state index in [4.69, 9.17) is 22.1 Å². The van der Waals surface area contributed by atoms with Gasteiger partial charge in [-0.2, -0.15) is 18.3 Å². The Labute approximate surface area is 284 Å². The van der Waals surface area contributed by atoms with Crippen LogP contribution in [0.15, 0.2) is 42.5 Å². The molecular formula is C33H33ClF5N5O4S. The molecule has 0 aliphatic heterocycles. The molecule has 0 spiro atoms. The van der Waals surface area contributed by atoms with E-state index in [9.17, 15) is 35.2 Å². The first-order valence-corrected chi connectivity index (χ1v) is 16.9. The van der Waals surface area contributed by atoms with Crippen molar-refractivity contribution in [3.63, 3.8) is 0 Å². The van der Waals surface area contributed by atoms with Crippen molar-refractivity contribution < 1.29 is 39.9 Å². The van der Waals surface area contributed by atoms with Gasteiger partial charge in [0.25, 0.3) is 0 Å². The number of rotatable bonds is 7. The minimum Gasteiger partial charge on any atom is -0.444 e. The third-order valence-electron chi connectivity index (χ3n) is 7.22. The van der Waals surface area contributed by atoms with Gasteiger partial charge in [-0.1, -0.05) is 23.6 Å². The third-order valence-corrected chi connectivity index (χ3v) is 9.49. The number of nitrogens with two attached hydrogens (primary N) is 1. The number of anilines is 1. The lowest BCUT2D eigenvalue weighted by molar-refractivity contribution is -0.141. The van der Waals surface area contributed by atoms with Crippen LogP contribution in [0.1, 0.15) is 57.6 Å². The second kappa shape index (κ2) is 13.5. The van der Waals surface area contributed by atoms with Crippen LogP contribution in [0.2, 0.25) is 5.02 Å². The number of amides is 1. The van der Waals surface area contributed by atoms with Crippen LogP contribution in [-0.2, 0) is 27.5 Å². The molecule has 0 radical (unpaired) electrons. The van der Waals surface area contributed by atoms with Crippen LogP contribution >= 0.6 is 11.6 Å². The minimum atomic E-state index is -4.71. The molecule has 262 valence electrons. The van der Waals surface area contributed by atoms with E-state index < -0.39 is 56.7 Å². The fraction of sp³-hybridized carbons (Fsp3) is 0.364. The number of carbonyl (C=O) groups excluding carboxylic acids is 1. The van der Waals surface area contributed by atoms with E-state index in [0.717, 1.165) is 18.4 Å². The largest absolute Gasteiger partial charge is 0.444 e. The van der Waals surface area contributed by atoms with Crippen LogP contribution in [0.4, 0.5) is 32.6 Å². The van der Waals surface area contributed by atoms with E-state index in [2.05, 4.69) is 27.2 Å². The Bertz CT molecular complexity index is 2080. The van der Waals surface area contributed by atoms with Gasteiger partial charge in [-0.15, -0.1) is 0 Å². The highest BCUT2D eigenvalue weighted by Gasteiger charge is 2.32. The first-order valence-electron chi connectivity index (χ1n) is 14.6. The smallest absolute Gasteiger partial charge is 0.408 e. The highest BCUT2D eigenvalue weighted by Crippen LogP contribution is 2.40. The maximum absolute atomic E-state index is 14.3. The maximum atomic E-state index is 14.3. The number of aromatic nitrogens is 3. The molecule has 4 aromatic rings. The summed E-state index contributed by atoms with van der Waals surface area (Å²) in [4.78, 5) is 17.8. The molecular weight excluding hydrogens is 693 g/mol. The van der Waals surface area contributed by atoms with Crippen LogP contribution in [-0.4, -0.2) is 52.1 Å². The Hall–Kier alpha value is -4.42. The molecule has 16 heteroatoms. The molecule has 0 fully saturated rings. The summed E-state index contributed by atoms with van der Waals surface area (Å²) in [5, 5.41) is 6.59. The van der Waals surface area contributed by atoms with Crippen molar-refractivity contribution >= 4 is 44.3 Å². The summed E-state index contributed by atoms with van der Waals surface area (Å²) in [6, 6.07) is 7.21. The van der Waals surface area contributed by atoms with Crippen molar-refractivity contribution in [3.05, 3.63) is 76.1 Å². The highest BCUT2D eigenvalue weighted by atomic mass is 35.5. The number of hydrogen-bond acceptors (Lipinski definition) is 7. The van der Waals surface area contributed by atoms with Gasteiger partial charge in [-0.25, -0.2) is 27.0 Å². The number of halogens is 6. The maximum Gasteiger partial charge on any atom is 0.408 e. The number of alkyl halides is 3. The number of ether oxygens (including phenoxy) is 1. The molecule has 3 N–H and O–H groups in total. The number of benzene rings is 2. The zero-order chi connectivity index (χ0) is 36.7. The number of pyridine rings is 1. The fourth-order valence-corrected chi connectivity index (χ4v) is 5.27. The van der Waals surface area contributed by atoms with Crippen molar-refractivity contribution in [2.45, 2.75) is 70.2 Å². The van der Waals surface area contributed by atoms with Gasteiger partial charge in [0.05, 0.1) is 27.7 Å². The molecule has 0 saturated carbocycles. The normalized spacial score (nSPS) is 13.1. The monoisotopic (exact) mass is 725 g/mol. The van der Waals surface area contributed by atoms with E-state index in [0.29, 0.717) is 10.7 Å². The quantitative estimate of drug-likeness (QED) is 0.153. The third kappa shape index (κ3) is 9.18. The van der Waals surface area contributed by atoms with Crippen LogP contribution in [0.3, 0.4) is 0 Å². The molecule has 0 saturated heterocycles. The molecule has 0 bridgehead atoms. The van der Waals surface area contributed by atoms with Crippen LogP contribution < -0.4 is 11.1 Å². The molecule has 0 aliphatic rings. The van der Waals surface area contributed by atoms with Gasteiger partial charge in [0.2, 0.25) is 0 Å². The van der Waals surface area contributed by atoms with Crippen molar-refractivity contribution in [2.24, 2.45) is 0 Å². The van der Waals surface area contributed by atoms with Gasteiger partial charge in [-0.3, -0.25) is 4.68 Å². The molecule has 1 unspecified atom stereocenters. The standard InChI is InChI=1S/C33H33ClF5N5O4S/c1-31(2,3)48-30(45)42-25(15-18-13-19(35)16-20(36)14-18)27-22(8-7-21(41-27)11-12-32(4,5)49(6,46)47)23-9-10-24(34)26-28(23)44(43-29(26)40)17-33(37,38)39/h7-10,13-14,16,25H,15,17H2,1-6H3,(H2,40,43)(H,42,45). The lowest BCUT2D eigenvalue weighted by atomic mass is 9.93. The average Bonchev–Trinajstić information content (AvgIpc) is 3.24. The van der Waals surface area contributed by atoms with E-state index in [-0.39, 0.29) is 56.2 Å². The molecule has 0 aliphatic carbocycles. The van der Waals surface area contributed by atoms with Gasteiger partial charge in [0.1, 0.15) is 34.2 Å². The minimum absolute atomic E-state index is 0.0126. The van der Waals surface area contributed by atoms with Gasteiger partial charge in [0, 0.05) is 23.4 Å². The number of sulfone groups is 1. The Morgan fingerprint density at radius 2 is 1.65 bits per heavy atom. The van der Waals surface area contributed by atoms with E-state index in [1.54, 1.807) is 20.8 Å². The second-order valence-electron chi connectivity index (χ2n) is 12.8. The molecule has 9 nitrogen and oxygen atoms in total. The number of nitrogens with one attached hydrogen (secondary N) is 1. The fourth-order valence-electron chi connectivity index (χ4n) is 4.79. The summed E-state index contributed by atoms with van der Waals surface area (Å²) in [6.45, 7) is 6.11. The van der Waals surface area contributed by atoms with E-state index >= 15 is 0 Å². The predicted molar refractivity (Wildman–Crippen MR) is 176 cm³/mol. The van der Waals surface area contributed by atoms with Crippen molar-refractivity contribution in [1.82, 2.24) is 20.1 Å². The Morgan fingerprint density at radius 3 is 2.22 bits per heavy atom. The summed E-state index contributed by atoms with van der Waals surface area (Å²) in [5.41, 5.74) is 5.32. The molecule has 2 aromatic carbocycles. The van der Waals surface area contributed by atoms with Gasteiger partial charge < -0.3 is 15.8 Å². The summed E-state index contributed by atoms with van der Waals surface area (Å²) >= 11 is 6.38. The first kappa shape index (κ1) is 37.4. The van der Waals surface area contributed by atoms with Gasteiger partial charge >= 0.3 is 12.3 Å². The number of hydrogen-bond donors (Lipinski definition) is 2. The lowest BCUT2D eigenvalue weighted by Crippen LogP contribution is -2.36. The molecule has 1 atom stereocenters. The topological polar surface area (TPSA) is 129 Å². The SMILES string of the molecule is CC(C)(C)OC(=O)NC(Cc1cc(F)cc(F)c1)c1nc(C#CC(C)(C)S(C)(=O)=O)ccc1-c1ccc(Cl)c2c(N)nn(CC(F)(F)F)c12. The summed E-state index contributed by atoms with van der Waals surface area (Å²) < 4.78 is 99.0. The number of alkyl carbamates (subject to hydrolysis) is 1. The zero-order valence-corrected chi connectivity index (χ0v) is 28.8. The van der Waals surface area contributed by atoms with Gasteiger partial charge in [-0.05, 0) is 82.9 Å². The number of carbonyl (C=O) groups is 1. The Kier molecular flexibility index (Phi) is 10.3. The van der Waals surface area contributed by atoms with E-state index in [1.807, 2.05) is 0 Å². The van der Waals surface area contributed by atoms with Crippen molar-refractivity contribution in [1.29, 1.82) is 0 Å². The summed E-state index contributed by atoms with van der Waals surface area (Å²) in [5.74, 6) is 3.32. The summed E-state index contributed by atoms with van der Waals surface area (Å²) in [6.07, 6.45) is -4.91. The lowest BCUT2D eigenvalue weighted by Gasteiger charge is -2.25. The first-order chi connectivity index (χ1) is 22.4. The molecule has 1 amide bonds. The molecule has 2 aromatic heterocycles. The number of fused-ring (bicyclic) bond motifs is 1. The van der Waals surface area contributed by atoms with Crippen molar-refractivity contribution in [3.8, 4) is 23.0 Å². The van der Waals surface area contributed by atoms with Crippen LogP contribution in [0.5, 0.6) is 0 Å². The Morgan fingerprint density at radius 1 is 1.04 bits per heavy atom. The van der Waals surface area contributed by atoms with E-state index in [1.165, 1.54) is 38.1 Å². The van der Waals surface area contributed by atoms with Crippen molar-refractivity contribution in [2.75, 3.05) is 12.0 Å². The van der Waals surface area contributed by atoms with Crippen LogP contribution in [0, 0.1) is 23.5 Å². The summed E-state index contributed by atoms with van der Waals surface area (Å²) in [7, 11) is -3.65. The Balaban J connectivity index is 2.05. The molecule has 4 rings (SSSR count). The number of nitrogens with zero attached hydrogens (tertiary/aromatic N) is 3. The average molecular weight is 726 g/mol. The predicted octanol–water partition coefficient (Wildman–Crippen LogP) is 7.16. The number of nitrogen functional groups attached to an aromatic ring is 1. The second-order valence-corrected chi connectivity index (χ2v) is 15.8. The molecule has 2 heterocycles. The van der Waals surface area contributed by atoms with Crippen LogP contribution in [0.25, 0.3) is 22.0 Å². The highest BCUT2D eigenvalue weighted by molar-refractivity contribution is 7.92. The zero-order valence-electron chi connectivity index (χ0n) is 27.3. The molecule has 49 heavy (non-hydrogen) atoms. The van der Waals surface area contributed by atoms with Gasteiger partial charge in [0.15, 0.2) is 15.7 Å².